The summed E-state index contributed by atoms with van der Waals surface area (Å²) < 4.78 is 5.27. The summed E-state index contributed by atoms with van der Waals surface area (Å²) >= 11 is 0. The summed E-state index contributed by atoms with van der Waals surface area (Å²) in [5.74, 6) is -0.0758. The van der Waals surface area contributed by atoms with Gasteiger partial charge in [-0.25, -0.2) is 4.79 Å². The van der Waals surface area contributed by atoms with E-state index in [-0.39, 0.29) is 0 Å². The lowest BCUT2D eigenvalue weighted by molar-refractivity contribution is 0.0735. The van der Waals surface area contributed by atoms with Gasteiger partial charge >= 0.3 is 5.97 Å². The van der Waals surface area contributed by atoms with Crippen LogP contribution in [0.1, 0.15) is 15.9 Å². The van der Waals surface area contributed by atoms with Gasteiger partial charge in [0.15, 0.2) is 0 Å². The summed E-state index contributed by atoms with van der Waals surface area (Å²) in [5.41, 5.74) is 1.85. The van der Waals surface area contributed by atoms with Gasteiger partial charge in [-0.1, -0.05) is 12.1 Å². The van der Waals surface area contributed by atoms with Crippen LogP contribution < -0.4 is 9.64 Å². The van der Waals surface area contributed by atoms with Crippen molar-refractivity contribution in [3.63, 3.8) is 0 Å². The molecule has 0 saturated heterocycles. The Balaban J connectivity index is 2.19. The van der Waals surface area contributed by atoms with Gasteiger partial charge in [-0.3, -0.25) is 0 Å². The van der Waals surface area contributed by atoms with Gasteiger partial charge < -0.3 is 9.64 Å². The minimum Gasteiger partial charge on any atom is -0.423 e. The molecule has 0 heterocycles. The number of rotatable bonds is 3. The van der Waals surface area contributed by atoms with Crippen molar-refractivity contribution >= 4 is 11.7 Å². The van der Waals surface area contributed by atoms with Crippen molar-refractivity contribution in [2.75, 3.05) is 19.0 Å². The predicted molar refractivity (Wildman–Crippen MR) is 76.9 cm³/mol. The maximum absolute atomic E-state index is 12.1. The van der Waals surface area contributed by atoms with Crippen LogP contribution in [-0.4, -0.2) is 20.1 Å². The van der Waals surface area contributed by atoms with E-state index < -0.39 is 5.97 Å². The second kappa shape index (κ2) is 5.89. The summed E-state index contributed by atoms with van der Waals surface area (Å²) in [6.07, 6.45) is 0. The number of benzene rings is 2. The van der Waals surface area contributed by atoms with E-state index in [1.165, 1.54) is 6.07 Å². The third-order valence-corrected chi connectivity index (χ3v) is 2.77. The Morgan fingerprint density at radius 3 is 2.60 bits per heavy atom. The van der Waals surface area contributed by atoms with Gasteiger partial charge in [0.1, 0.15) is 5.75 Å². The lowest BCUT2D eigenvalue weighted by Crippen LogP contribution is -2.12. The van der Waals surface area contributed by atoms with E-state index in [1.54, 1.807) is 36.4 Å². The number of anilines is 1. The zero-order valence-electron chi connectivity index (χ0n) is 11.3. The van der Waals surface area contributed by atoms with Crippen LogP contribution in [0.3, 0.4) is 0 Å². The van der Waals surface area contributed by atoms with Crippen molar-refractivity contribution in [2.45, 2.75) is 0 Å². The Kier molecular flexibility index (Phi) is 4.02. The van der Waals surface area contributed by atoms with E-state index in [0.717, 1.165) is 5.69 Å². The van der Waals surface area contributed by atoms with Crippen LogP contribution in [0, 0.1) is 11.3 Å². The van der Waals surface area contributed by atoms with Gasteiger partial charge in [0.05, 0.1) is 17.2 Å². The van der Waals surface area contributed by atoms with Gasteiger partial charge in [-0.05, 0) is 36.4 Å². The molecule has 0 aliphatic rings. The molecule has 2 aromatic rings. The van der Waals surface area contributed by atoms with Gasteiger partial charge in [0.2, 0.25) is 0 Å². The molecule has 0 aliphatic carbocycles. The van der Waals surface area contributed by atoms with Crippen molar-refractivity contribution < 1.29 is 9.53 Å². The number of nitrogens with zero attached hydrogens (tertiary/aromatic N) is 2. The number of carbonyl (C=O) groups excluding carboxylic acids is 1. The van der Waals surface area contributed by atoms with Gasteiger partial charge in [-0.15, -0.1) is 0 Å². The summed E-state index contributed by atoms with van der Waals surface area (Å²) in [7, 11) is 3.81. The monoisotopic (exact) mass is 266 g/mol. The first kappa shape index (κ1) is 13.6. The minimum absolute atomic E-state index is 0.365. The largest absolute Gasteiger partial charge is 0.423 e. The normalized spacial score (nSPS) is 9.65. The first-order valence-electron chi connectivity index (χ1n) is 6.10. The number of ether oxygens (including phenoxy) is 1. The summed E-state index contributed by atoms with van der Waals surface area (Å²) in [4.78, 5) is 14.0. The predicted octanol–water partition coefficient (Wildman–Crippen LogP) is 2.84. The standard InChI is InChI=1S/C16H14N2O2/c1-18(2)14-7-4-6-13(10-14)16(19)20-15-8-3-5-12(9-15)11-17/h3-10H,1-2H3. The summed E-state index contributed by atoms with van der Waals surface area (Å²) in [6.45, 7) is 0. The lowest BCUT2D eigenvalue weighted by atomic mass is 10.2. The molecule has 20 heavy (non-hydrogen) atoms. The highest BCUT2D eigenvalue weighted by molar-refractivity contribution is 5.92. The first-order valence-corrected chi connectivity index (χ1v) is 6.10. The molecule has 0 N–H and O–H groups in total. The van der Waals surface area contributed by atoms with E-state index in [0.29, 0.717) is 16.9 Å². The highest BCUT2D eigenvalue weighted by atomic mass is 16.5. The molecular weight excluding hydrogens is 252 g/mol. The zero-order valence-corrected chi connectivity index (χ0v) is 11.3. The molecule has 4 nitrogen and oxygen atoms in total. The van der Waals surface area contributed by atoms with E-state index in [9.17, 15) is 4.79 Å². The fraction of sp³-hybridized carbons (Fsp3) is 0.125. The second-order valence-corrected chi connectivity index (χ2v) is 4.47. The van der Waals surface area contributed by atoms with E-state index in [1.807, 2.05) is 31.1 Å². The average Bonchev–Trinajstić information content (AvgIpc) is 2.47. The molecule has 0 unspecified atom stereocenters. The van der Waals surface area contributed by atoms with Gasteiger partial charge in [-0.2, -0.15) is 5.26 Å². The van der Waals surface area contributed by atoms with Crippen molar-refractivity contribution in [1.29, 1.82) is 5.26 Å². The number of carbonyl (C=O) groups is 1. The van der Waals surface area contributed by atoms with Crippen molar-refractivity contribution in [3.05, 3.63) is 59.7 Å². The molecule has 2 rings (SSSR count). The maximum atomic E-state index is 12.1. The van der Waals surface area contributed by atoms with Crippen LogP contribution in [0.25, 0.3) is 0 Å². The highest BCUT2D eigenvalue weighted by Crippen LogP contribution is 2.17. The third-order valence-electron chi connectivity index (χ3n) is 2.77. The van der Waals surface area contributed by atoms with Crippen molar-refractivity contribution in [2.24, 2.45) is 0 Å². The molecule has 0 aliphatic heterocycles. The fourth-order valence-corrected chi connectivity index (χ4v) is 1.71. The molecule has 0 aromatic heterocycles. The fourth-order valence-electron chi connectivity index (χ4n) is 1.71. The third kappa shape index (κ3) is 3.15. The molecule has 0 fully saturated rings. The first-order chi connectivity index (χ1) is 9.60. The van der Waals surface area contributed by atoms with Crippen LogP contribution >= 0.6 is 0 Å². The molecule has 0 amide bonds. The number of hydrogen-bond donors (Lipinski definition) is 0. The molecule has 0 spiro atoms. The minimum atomic E-state index is -0.441. The summed E-state index contributed by atoms with van der Waals surface area (Å²) in [6, 6.07) is 15.7. The van der Waals surface area contributed by atoms with Gasteiger partial charge in [0, 0.05) is 19.8 Å². The topological polar surface area (TPSA) is 53.3 Å². The van der Waals surface area contributed by atoms with E-state index in [2.05, 4.69) is 0 Å². The molecule has 0 bridgehead atoms. The molecular formula is C16H14N2O2. The SMILES string of the molecule is CN(C)c1cccc(C(=O)Oc2cccc(C#N)c2)c1. The van der Waals surface area contributed by atoms with Crippen LogP contribution in [0.15, 0.2) is 48.5 Å². The molecule has 0 radical (unpaired) electrons. The average molecular weight is 266 g/mol. The molecule has 0 atom stereocenters. The van der Waals surface area contributed by atoms with E-state index in [4.69, 9.17) is 10.00 Å². The number of esters is 1. The van der Waals surface area contributed by atoms with Crippen LogP contribution in [0.5, 0.6) is 5.75 Å². The Labute approximate surface area is 117 Å². The molecule has 2 aromatic carbocycles. The smallest absolute Gasteiger partial charge is 0.343 e. The Bertz CT molecular complexity index is 672. The highest BCUT2D eigenvalue weighted by Gasteiger charge is 2.10. The molecule has 0 saturated carbocycles. The van der Waals surface area contributed by atoms with E-state index >= 15 is 0 Å². The lowest BCUT2D eigenvalue weighted by Gasteiger charge is -2.13. The number of nitriles is 1. The number of hydrogen-bond acceptors (Lipinski definition) is 4. The zero-order chi connectivity index (χ0) is 14.5. The second-order valence-electron chi connectivity index (χ2n) is 4.47. The Morgan fingerprint density at radius 2 is 1.90 bits per heavy atom. The summed E-state index contributed by atoms with van der Waals surface area (Å²) in [5, 5.41) is 8.81. The van der Waals surface area contributed by atoms with Crippen molar-refractivity contribution in [3.8, 4) is 11.8 Å². The Hall–Kier alpha value is -2.80. The maximum Gasteiger partial charge on any atom is 0.343 e. The quantitative estimate of drug-likeness (QED) is 0.633. The Morgan fingerprint density at radius 1 is 1.15 bits per heavy atom. The molecule has 100 valence electrons. The van der Waals surface area contributed by atoms with Crippen molar-refractivity contribution in [1.82, 2.24) is 0 Å². The van der Waals surface area contributed by atoms with Crippen LogP contribution in [0.2, 0.25) is 0 Å². The van der Waals surface area contributed by atoms with Crippen LogP contribution in [-0.2, 0) is 0 Å². The van der Waals surface area contributed by atoms with Crippen LogP contribution in [0.4, 0.5) is 5.69 Å². The molecule has 4 heteroatoms. The van der Waals surface area contributed by atoms with Gasteiger partial charge in [0.25, 0.3) is 0 Å².